The third-order valence-corrected chi connectivity index (χ3v) is 2.07. The summed E-state index contributed by atoms with van der Waals surface area (Å²) in [7, 11) is 0. The molecule has 1 heterocycles. The molecule has 1 aromatic rings. The van der Waals surface area contributed by atoms with E-state index < -0.39 is 0 Å². The molecule has 1 atom stereocenters. The first-order chi connectivity index (χ1) is 6.40. The lowest BCUT2D eigenvalue weighted by Crippen LogP contribution is -1.94. The van der Waals surface area contributed by atoms with Gasteiger partial charge in [-0.25, -0.2) is 0 Å². The van der Waals surface area contributed by atoms with Gasteiger partial charge in [0.15, 0.2) is 0 Å². The molecule has 0 unspecified atom stereocenters. The molecule has 66 valence electrons. The highest BCUT2D eigenvalue weighted by Crippen LogP contribution is 2.25. The zero-order valence-corrected chi connectivity index (χ0v) is 7.14. The molecule has 0 spiro atoms. The lowest BCUT2D eigenvalue weighted by molar-refractivity contribution is -0.105. The summed E-state index contributed by atoms with van der Waals surface area (Å²) >= 11 is 0. The van der Waals surface area contributed by atoms with E-state index in [1.54, 1.807) is 0 Å². The number of hydrogen-bond donors (Lipinski definition) is 0. The van der Waals surface area contributed by atoms with E-state index in [1.807, 2.05) is 36.4 Å². The Morgan fingerprint density at radius 3 is 2.69 bits per heavy atom. The number of rotatable bonds is 2. The molecule has 1 aliphatic rings. The van der Waals surface area contributed by atoms with Crippen LogP contribution in [0.25, 0.3) is 0 Å². The molecule has 0 saturated carbocycles. The van der Waals surface area contributed by atoms with E-state index in [9.17, 15) is 4.79 Å². The van der Waals surface area contributed by atoms with Gasteiger partial charge in [-0.1, -0.05) is 30.3 Å². The van der Waals surface area contributed by atoms with Gasteiger partial charge < -0.3 is 4.74 Å². The van der Waals surface area contributed by atoms with E-state index in [0.29, 0.717) is 6.61 Å². The highest BCUT2D eigenvalue weighted by atomic mass is 16.5. The van der Waals surface area contributed by atoms with Crippen LogP contribution in [-0.4, -0.2) is 12.9 Å². The van der Waals surface area contributed by atoms with Crippen molar-refractivity contribution in [2.45, 2.75) is 6.10 Å². The Hall–Kier alpha value is -1.41. The minimum absolute atomic E-state index is 0.0404. The van der Waals surface area contributed by atoms with E-state index in [4.69, 9.17) is 4.74 Å². The van der Waals surface area contributed by atoms with Gasteiger partial charge in [0.25, 0.3) is 0 Å². The SMILES string of the molecule is O=CC1=C[C@H](c2ccccc2)OC1. The minimum atomic E-state index is -0.0404. The van der Waals surface area contributed by atoms with E-state index in [2.05, 4.69) is 0 Å². The molecule has 1 aromatic carbocycles. The van der Waals surface area contributed by atoms with Gasteiger partial charge in [0.2, 0.25) is 0 Å². The Kier molecular flexibility index (Phi) is 2.23. The van der Waals surface area contributed by atoms with E-state index >= 15 is 0 Å². The fourth-order valence-corrected chi connectivity index (χ4v) is 1.39. The predicted molar refractivity (Wildman–Crippen MR) is 49.3 cm³/mol. The lowest BCUT2D eigenvalue weighted by Gasteiger charge is -2.06. The summed E-state index contributed by atoms with van der Waals surface area (Å²) in [4.78, 5) is 10.4. The molecule has 0 saturated heterocycles. The zero-order valence-electron chi connectivity index (χ0n) is 7.14. The van der Waals surface area contributed by atoms with Crippen molar-refractivity contribution in [2.24, 2.45) is 0 Å². The van der Waals surface area contributed by atoms with Gasteiger partial charge in [-0.2, -0.15) is 0 Å². The summed E-state index contributed by atoms with van der Waals surface area (Å²) in [6.45, 7) is 0.434. The van der Waals surface area contributed by atoms with Gasteiger partial charge in [-0.3, -0.25) is 4.79 Å². The van der Waals surface area contributed by atoms with Crippen molar-refractivity contribution in [2.75, 3.05) is 6.61 Å². The number of carbonyl (C=O) groups is 1. The number of aldehydes is 1. The Morgan fingerprint density at radius 1 is 1.31 bits per heavy atom. The molecule has 0 N–H and O–H groups in total. The van der Waals surface area contributed by atoms with Crippen LogP contribution in [0.5, 0.6) is 0 Å². The average Bonchev–Trinajstić information content (AvgIpc) is 2.67. The second-order valence-electron chi connectivity index (χ2n) is 3.00. The van der Waals surface area contributed by atoms with Gasteiger partial charge in [-0.05, 0) is 11.6 Å². The van der Waals surface area contributed by atoms with E-state index in [-0.39, 0.29) is 6.10 Å². The Bertz CT molecular complexity index is 327. The third-order valence-electron chi connectivity index (χ3n) is 2.07. The molecule has 0 radical (unpaired) electrons. The van der Waals surface area contributed by atoms with Crippen LogP contribution >= 0.6 is 0 Å². The zero-order chi connectivity index (χ0) is 9.10. The largest absolute Gasteiger partial charge is 0.365 e. The molecule has 2 nitrogen and oxygen atoms in total. The molecule has 13 heavy (non-hydrogen) atoms. The van der Waals surface area contributed by atoms with Gasteiger partial charge >= 0.3 is 0 Å². The first-order valence-electron chi connectivity index (χ1n) is 4.22. The maximum Gasteiger partial charge on any atom is 0.148 e. The van der Waals surface area contributed by atoms with Crippen LogP contribution in [0, 0.1) is 0 Å². The number of hydrogen-bond acceptors (Lipinski definition) is 2. The number of ether oxygens (including phenoxy) is 1. The summed E-state index contributed by atoms with van der Waals surface area (Å²) in [6, 6.07) is 9.88. The number of carbonyl (C=O) groups excluding carboxylic acids is 1. The standard InChI is InChI=1S/C11H10O2/c12-7-9-6-11(13-8-9)10-4-2-1-3-5-10/h1-7,11H,8H2/t11-/m1/s1. The van der Waals surface area contributed by atoms with Crippen molar-refractivity contribution in [3.63, 3.8) is 0 Å². The van der Waals surface area contributed by atoms with Crippen LogP contribution in [-0.2, 0) is 9.53 Å². The molecule has 1 aliphatic heterocycles. The van der Waals surface area contributed by atoms with Crippen molar-refractivity contribution in [3.8, 4) is 0 Å². The minimum Gasteiger partial charge on any atom is -0.365 e. The molecule has 2 heteroatoms. The topological polar surface area (TPSA) is 26.3 Å². The lowest BCUT2D eigenvalue weighted by atomic mass is 10.1. The van der Waals surface area contributed by atoms with E-state index in [1.165, 1.54) is 0 Å². The maximum atomic E-state index is 10.4. The first kappa shape index (κ1) is 8.20. The van der Waals surface area contributed by atoms with Crippen LogP contribution < -0.4 is 0 Å². The smallest absolute Gasteiger partial charge is 0.148 e. The molecular formula is C11H10O2. The van der Waals surface area contributed by atoms with Crippen molar-refractivity contribution >= 4 is 6.29 Å². The van der Waals surface area contributed by atoms with Gasteiger partial charge in [0, 0.05) is 5.57 Å². The highest BCUT2D eigenvalue weighted by Gasteiger charge is 2.16. The maximum absolute atomic E-state index is 10.4. The second kappa shape index (κ2) is 3.54. The quantitative estimate of drug-likeness (QED) is 0.640. The molecule has 0 amide bonds. The van der Waals surface area contributed by atoms with Crippen LogP contribution in [0.4, 0.5) is 0 Å². The molecule has 0 fully saturated rings. The molecule has 2 rings (SSSR count). The summed E-state index contributed by atoms with van der Waals surface area (Å²) in [6.07, 6.45) is 2.67. The molecule has 0 aliphatic carbocycles. The van der Waals surface area contributed by atoms with Crippen LogP contribution in [0.3, 0.4) is 0 Å². The molecular weight excluding hydrogens is 164 g/mol. The monoisotopic (exact) mass is 174 g/mol. The van der Waals surface area contributed by atoms with Gasteiger partial charge in [-0.15, -0.1) is 0 Å². The second-order valence-corrected chi connectivity index (χ2v) is 3.00. The molecule has 0 bridgehead atoms. The fourth-order valence-electron chi connectivity index (χ4n) is 1.39. The predicted octanol–water partition coefficient (Wildman–Crippen LogP) is 1.88. The Morgan fingerprint density at radius 2 is 2.08 bits per heavy atom. The number of benzene rings is 1. The Balaban J connectivity index is 2.21. The van der Waals surface area contributed by atoms with Crippen LogP contribution in [0.2, 0.25) is 0 Å². The van der Waals surface area contributed by atoms with Gasteiger partial charge in [0.1, 0.15) is 12.4 Å². The normalized spacial score (nSPS) is 21.2. The van der Waals surface area contributed by atoms with Crippen molar-refractivity contribution in [1.82, 2.24) is 0 Å². The summed E-state index contributed by atoms with van der Waals surface area (Å²) in [5.74, 6) is 0. The molecule has 0 aromatic heterocycles. The summed E-state index contributed by atoms with van der Waals surface area (Å²) in [5.41, 5.74) is 1.83. The van der Waals surface area contributed by atoms with Crippen molar-refractivity contribution in [3.05, 3.63) is 47.5 Å². The average molecular weight is 174 g/mol. The summed E-state index contributed by atoms with van der Waals surface area (Å²) in [5, 5.41) is 0. The van der Waals surface area contributed by atoms with Crippen molar-refractivity contribution < 1.29 is 9.53 Å². The van der Waals surface area contributed by atoms with E-state index in [0.717, 1.165) is 17.4 Å². The van der Waals surface area contributed by atoms with Crippen molar-refractivity contribution in [1.29, 1.82) is 0 Å². The van der Waals surface area contributed by atoms with Gasteiger partial charge in [0.05, 0.1) is 6.61 Å². The highest BCUT2D eigenvalue weighted by molar-refractivity contribution is 5.74. The fraction of sp³-hybridized carbons (Fsp3) is 0.182. The summed E-state index contributed by atoms with van der Waals surface area (Å²) < 4.78 is 5.42. The van der Waals surface area contributed by atoms with Crippen LogP contribution in [0.15, 0.2) is 42.0 Å². The third kappa shape index (κ3) is 1.68. The first-order valence-corrected chi connectivity index (χ1v) is 4.22. The van der Waals surface area contributed by atoms with Crippen LogP contribution in [0.1, 0.15) is 11.7 Å². The Labute approximate surface area is 76.8 Å².